The van der Waals surface area contributed by atoms with Gasteiger partial charge in [0, 0.05) is 32.5 Å². The number of benzene rings is 1. The Morgan fingerprint density at radius 3 is 2.68 bits per heavy atom. The van der Waals surface area contributed by atoms with Crippen LogP contribution in [-0.2, 0) is 13.6 Å². The highest BCUT2D eigenvalue weighted by molar-refractivity contribution is 5.93. The lowest BCUT2D eigenvalue weighted by atomic mass is 10.3. The van der Waals surface area contributed by atoms with Gasteiger partial charge in [0.05, 0.1) is 16.6 Å². The van der Waals surface area contributed by atoms with Gasteiger partial charge in [-0.1, -0.05) is 12.1 Å². The molecule has 0 bridgehead atoms. The monoisotopic (exact) mass is 296 g/mol. The third-order valence-corrected chi connectivity index (χ3v) is 3.60. The first-order chi connectivity index (χ1) is 10.7. The van der Waals surface area contributed by atoms with Crippen LogP contribution in [0.25, 0.3) is 11.0 Å². The summed E-state index contributed by atoms with van der Waals surface area (Å²) in [6.45, 7) is 0.799. The summed E-state index contributed by atoms with van der Waals surface area (Å²) in [4.78, 5) is 28.1. The van der Waals surface area contributed by atoms with E-state index in [1.165, 1.54) is 6.20 Å². The Bertz CT molecular complexity index is 865. The van der Waals surface area contributed by atoms with Gasteiger partial charge < -0.3 is 5.32 Å². The van der Waals surface area contributed by atoms with E-state index in [2.05, 4.69) is 10.3 Å². The van der Waals surface area contributed by atoms with E-state index >= 15 is 0 Å². The van der Waals surface area contributed by atoms with Crippen molar-refractivity contribution in [3.63, 3.8) is 0 Å². The molecule has 0 unspecified atom stereocenters. The lowest BCUT2D eigenvalue weighted by Gasteiger charge is -2.06. The number of aromatic nitrogens is 3. The first kappa shape index (κ1) is 14.1. The highest BCUT2D eigenvalue weighted by Gasteiger charge is 2.10. The summed E-state index contributed by atoms with van der Waals surface area (Å²) in [5.41, 5.74) is 2.17. The van der Waals surface area contributed by atoms with Crippen molar-refractivity contribution < 1.29 is 4.79 Å². The summed E-state index contributed by atoms with van der Waals surface area (Å²) in [5.74, 6) is -0.193. The third-order valence-electron chi connectivity index (χ3n) is 3.60. The molecular formula is C16H16N4O2. The molecule has 0 saturated carbocycles. The number of aryl methyl sites for hydroxylation is 1. The molecule has 0 atom stereocenters. The van der Waals surface area contributed by atoms with Gasteiger partial charge in [-0.3, -0.25) is 18.9 Å². The highest BCUT2D eigenvalue weighted by atomic mass is 16.2. The number of nitrogens with one attached hydrogen (secondary N) is 1. The Kier molecular flexibility index (Phi) is 3.74. The van der Waals surface area contributed by atoms with Crippen molar-refractivity contribution >= 4 is 16.9 Å². The second kappa shape index (κ2) is 5.85. The van der Waals surface area contributed by atoms with Crippen LogP contribution in [0, 0.1) is 0 Å². The van der Waals surface area contributed by atoms with E-state index in [-0.39, 0.29) is 11.6 Å². The molecule has 0 aliphatic rings. The summed E-state index contributed by atoms with van der Waals surface area (Å²) in [7, 11) is 1.75. The molecule has 6 heteroatoms. The van der Waals surface area contributed by atoms with Crippen LogP contribution in [-0.4, -0.2) is 26.6 Å². The number of rotatable bonds is 4. The molecule has 0 saturated heterocycles. The van der Waals surface area contributed by atoms with Crippen molar-refractivity contribution in [3.05, 3.63) is 64.8 Å². The molecule has 0 fully saturated rings. The van der Waals surface area contributed by atoms with Gasteiger partial charge in [-0.2, -0.15) is 0 Å². The predicted molar refractivity (Wildman–Crippen MR) is 83.7 cm³/mol. The van der Waals surface area contributed by atoms with Crippen LogP contribution < -0.4 is 11.0 Å². The van der Waals surface area contributed by atoms with Crippen molar-refractivity contribution in [1.82, 2.24) is 19.4 Å². The van der Waals surface area contributed by atoms with Crippen molar-refractivity contribution in [2.75, 3.05) is 6.54 Å². The number of amides is 1. The molecule has 0 spiro atoms. The molecule has 1 N–H and O–H groups in total. The van der Waals surface area contributed by atoms with Crippen LogP contribution >= 0.6 is 0 Å². The Morgan fingerprint density at radius 1 is 1.18 bits per heavy atom. The molecule has 2 heterocycles. The number of carbonyl (C=O) groups excluding carboxylic acids is 1. The minimum Gasteiger partial charge on any atom is -0.350 e. The van der Waals surface area contributed by atoms with Crippen LogP contribution in [0.1, 0.15) is 10.4 Å². The summed E-state index contributed by atoms with van der Waals surface area (Å²) in [6, 6.07) is 11.0. The number of carbonyl (C=O) groups is 1. The number of hydrogen-bond acceptors (Lipinski definition) is 3. The first-order valence-electron chi connectivity index (χ1n) is 7.01. The Balaban J connectivity index is 1.74. The molecule has 3 rings (SSSR count). The van der Waals surface area contributed by atoms with E-state index in [4.69, 9.17) is 0 Å². The van der Waals surface area contributed by atoms with Gasteiger partial charge in [0.25, 0.3) is 5.91 Å². The predicted octanol–water partition coefficient (Wildman–Crippen LogP) is 1.17. The zero-order valence-corrected chi connectivity index (χ0v) is 12.2. The molecule has 6 nitrogen and oxygen atoms in total. The zero-order valence-electron chi connectivity index (χ0n) is 12.2. The smallest absolute Gasteiger partial charge is 0.328 e. The molecule has 22 heavy (non-hydrogen) atoms. The molecule has 3 aromatic rings. The summed E-state index contributed by atoms with van der Waals surface area (Å²) >= 11 is 0. The van der Waals surface area contributed by atoms with Gasteiger partial charge in [-0.05, 0) is 24.3 Å². The maximum absolute atomic E-state index is 12.2. The van der Waals surface area contributed by atoms with E-state index in [1.807, 2.05) is 24.3 Å². The Morgan fingerprint density at radius 2 is 1.95 bits per heavy atom. The molecular weight excluding hydrogens is 280 g/mol. The molecule has 1 aromatic carbocycles. The van der Waals surface area contributed by atoms with Crippen molar-refractivity contribution in [3.8, 4) is 0 Å². The van der Waals surface area contributed by atoms with Gasteiger partial charge >= 0.3 is 5.69 Å². The first-order valence-corrected chi connectivity index (χ1v) is 7.01. The topological polar surface area (TPSA) is 68.9 Å². The lowest BCUT2D eigenvalue weighted by molar-refractivity contribution is 0.0952. The van der Waals surface area contributed by atoms with Crippen LogP contribution in [0.15, 0.2) is 53.6 Å². The van der Waals surface area contributed by atoms with E-state index in [9.17, 15) is 9.59 Å². The average molecular weight is 296 g/mol. The van der Waals surface area contributed by atoms with Gasteiger partial charge in [0.2, 0.25) is 0 Å². The van der Waals surface area contributed by atoms with Crippen molar-refractivity contribution in [2.24, 2.45) is 7.05 Å². The quantitative estimate of drug-likeness (QED) is 0.785. The lowest BCUT2D eigenvalue weighted by Crippen LogP contribution is -2.31. The number of pyridine rings is 1. The highest BCUT2D eigenvalue weighted by Crippen LogP contribution is 2.10. The minimum absolute atomic E-state index is 0.0863. The summed E-state index contributed by atoms with van der Waals surface area (Å²) < 4.78 is 3.27. The van der Waals surface area contributed by atoms with Crippen LogP contribution in [0.5, 0.6) is 0 Å². The largest absolute Gasteiger partial charge is 0.350 e. The second-order valence-electron chi connectivity index (χ2n) is 4.98. The number of fused-ring (bicyclic) bond motifs is 1. The molecule has 0 aliphatic carbocycles. The van der Waals surface area contributed by atoms with Crippen molar-refractivity contribution in [2.45, 2.75) is 6.54 Å². The number of imidazole rings is 1. The maximum atomic E-state index is 12.2. The van der Waals surface area contributed by atoms with Gasteiger partial charge in [-0.15, -0.1) is 0 Å². The molecule has 0 aliphatic heterocycles. The van der Waals surface area contributed by atoms with Gasteiger partial charge in [0.15, 0.2) is 0 Å². The SMILES string of the molecule is Cn1c(=O)n(CCNC(=O)c2cccnc2)c2ccccc21. The number of nitrogens with zero attached hydrogens (tertiary/aromatic N) is 3. The van der Waals surface area contributed by atoms with Crippen molar-refractivity contribution in [1.29, 1.82) is 0 Å². The van der Waals surface area contributed by atoms with Crippen LogP contribution in [0.2, 0.25) is 0 Å². The summed E-state index contributed by atoms with van der Waals surface area (Å²) in [5, 5.41) is 2.80. The van der Waals surface area contributed by atoms with Gasteiger partial charge in [0.1, 0.15) is 0 Å². The number of hydrogen-bond donors (Lipinski definition) is 1. The standard InChI is InChI=1S/C16H16N4O2/c1-19-13-6-2-3-7-14(13)20(16(19)22)10-9-18-15(21)12-5-4-8-17-11-12/h2-8,11H,9-10H2,1H3,(H,18,21). The van der Waals surface area contributed by atoms with Gasteiger partial charge in [-0.25, -0.2) is 4.79 Å². The van der Waals surface area contributed by atoms with E-state index in [0.29, 0.717) is 18.7 Å². The fraction of sp³-hybridized carbons (Fsp3) is 0.188. The molecule has 0 radical (unpaired) electrons. The maximum Gasteiger partial charge on any atom is 0.328 e. The van der Waals surface area contributed by atoms with E-state index in [0.717, 1.165) is 11.0 Å². The van der Waals surface area contributed by atoms with E-state index < -0.39 is 0 Å². The van der Waals surface area contributed by atoms with Crippen LogP contribution in [0.3, 0.4) is 0 Å². The third kappa shape index (κ3) is 2.50. The Hall–Kier alpha value is -2.89. The second-order valence-corrected chi connectivity index (χ2v) is 4.98. The average Bonchev–Trinajstić information content (AvgIpc) is 2.81. The number of para-hydroxylation sites is 2. The normalized spacial score (nSPS) is 10.8. The Labute approximate surface area is 127 Å². The molecule has 2 aromatic heterocycles. The summed E-state index contributed by atoms with van der Waals surface area (Å²) in [6.07, 6.45) is 3.13. The molecule has 112 valence electrons. The van der Waals surface area contributed by atoms with Crippen LogP contribution in [0.4, 0.5) is 0 Å². The minimum atomic E-state index is -0.193. The molecule has 1 amide bonds. The fourth-order valence-electron chi connectivity index (χ4n) is 2.46. The van der Waals surface area contributed by atoms with E-state index in [1.54, 1.807) is 34.5 Å². The zero-order chi connectivity index (χ0) is 15.5. The fourth-order valence-corrected chi connectivity index (χ4v) is 2.46.